The quantitative estimate of drug-likeness (QED) is 0.635. The van der Waals surface area contributed by atoms with Crippen LogP contribution in [0, 0.1) is 0 Å². The Kier molecular flexibility index (Phi) is 6.77. The van der Waals surface area contributed by atoms with Crippen LogP contribution >= 0.6 is 0 Å². The first-order valence-electron chi connectivity index (χ1n) is 5.75. The fraction of sp³-hybridized carbons (Fsp3) is 0.727. The van der Waals surface area contributed by atoms with Gasteiger partial charge in [0.25, 0.3) is 0 Å². The molecule has 0 saturated heterocycles. The zero-order valence-electron chi connectivity index (χ0n) is 11.3. The van der Waals surface area contributed by atoms with E-state index in [-0.39, 0.29) is 19.0 Å². The Morgan fingerprint density at radius 1 is 0.944 bits per heavy atom. The molecule has 0 aliphatic heterocycles. The Morgan fingerprint density at radius 2 is 1.44 bits per heavy atom. The maximum Gasteiger partial charge on any atom is 0.408 e. The van der Waals surface area contributed by atoms with Crippen LogP contribution in [0.15, 0.2) is 0 Å². The first-order chi connectivity index (χ1) is 8.24. The van der Waals surface area contributed by atoms with Gasteiger partial charge in [-0.15, -0.1) is 0 Å². The standard InChI is InChI=1S/C11H21N3O4/c1-5-12-8(15)6-13-9(16)7-14-10(17)18-11(2,3)4/h5-7H2,1-4H3,(H,12,15)(H,13,16)(H,14,17). The highest BCUT2D eigenvalue weighted by Gasteiger charge is 2.16. The molecule has 18 heavy (non-hydrogen) atoms. The Balaban J connectivity index is 3.77. The van der Waals surface area contributed by atoms with Crippen molar-refractivity contribution in [2.45, 2.75) is 33.3 Å². The minimum absolute atomic E-state index is 0.108. The van der Waals surface area contributed by atoms with Crippen molar-refractivity contribution in [2.24, 2.45) is 0 Å². The molecule has 0 aliphatic carbocycles. The Hall–Kier alpha value is -1.79. The summed E-state index contributed by atoms with van der Waals surface area (Å²) in [6, 6.07) is 0. The van der Waals surface area contributed by atoms with Crippen molar-refractivity contribution in [3.63, 3.8) is 0 Å². The second-order valence-electron chi connectivity index (χ2n) is 4.59. The molecule has 0 aromatic carbocycles. The minimum atomic E-state index is -0.671. The summed E-state index contributed by atoms with van der Waals surface area (Å²) < 4.78 is 4.94. The number of ether oxygens (including phenoxy) is 1. The molecule has 0 fully saturated rings. The maximum absolute atomic E-state index is 11.3. The third-order valence-electron chi connectivity index (χ3n) is 1.61. The van der Waals surface area contributed by atoms with Gasteiger partial charge in [-0.1, -0.05) is 0 Å². The molecule has 0 aromatic heterocycles. The Bertz CT molecular complexity index is 310. The van der Waals surface area contributed by atoms with Gasteiger partial charge in [-0.3, -0.25) is 9.59 Å². The van der Waals surface area contributed by atoms with Gasteiger partial charge in [0.05, 0.1) is 6.54 Å². The van der Waals surface area contributed by atoms with Gasteiger partial charge < -0.3 is 20.7 Å². The number of hydrogen-bond acceptors (Lipinski definition) is 4. The fourth-order valence-corrected chi connectivity index (χ4v) is 0.968. The van der Waals surface area contributed by atoms with Crippen molar-refractivity contribution in [1.82, 2.24) is 16.0 Å². The van der Waals surface area contributed by atoms with Crippen LogP contribution in [0.25, 0.3) is 0 Å². The smallest absolute Gasteiger partial charge is 0.408 e. The zero-order chi connectivity index (χ0) is 14.2. The van der Waals surface area contributed by atoms with Gasteiger partial charge in [-0.25, -0.2) is 4.79 Å². The first-order valence-corrected chi connectivity index (χ1v) is 5.75. The summed E-state index contributed by atoms with van der Waals surface area (Å²) in [5.41, 5.74) is -0.610. The molecule has 3 amide bonds. The van der Waals surface area contributed by atoms with E-state index in [0.29, 0.717) is 6.54 Å². The minimum Gasteiger partial charge on any atom is -0.444 e. The summed E-state index contributed by atoms with van der Waals surface area (Å²) >= 11 is 0. The van der Waals surface area contributed by atoms with Crippen molar-refractivity contribution < 1.29 is 19.1 Å². The lowest BCUT2D eigenvalue weighted by Gasteiger charge is -2.19. The fourth-order valence-electron chi connectivity index (χ4n) is 0.968. The van der Waals surface area contributed by atoms with Crippen LogP contribution in [-0.4, -0.2) is 43.1 Å². The molecule has 0 unspecified atom stereocenters. The monoisotopic (exact) mass is 259 g/mol. The van der Waals surface area contributed by atoms with Gasteiger partial charge in [-0.2, -0.15) is 0 Å². The lowest BCUT2D eigenvalue weighted by molar-refractivity contribution is -0.125. The summed E-state index contributed by atoms with van der Waals surface area (Å²) in [5.74, 6) is -0.727. The van der Waals surface area contributed by atoms with E-state index in [1.807, 2.05) is 0 Å². The highest BCUT2D eigenvalue weighted by atomic mass is 16.6. The SMILES string of the molecule is CCNC(=O)CNC(=O)CNC(=O)OC(C)(C)C. The van der Waals surface area contributed by atoms with E-state index in [1.165, 1.54) is 0 Å². The Morgan fingerprint density at radius 3 is 1.94 bits per heavy atom. The third kappa shape index (κ3) is 9.44. The number of carbonyl (C=O) groups is 3. The molecule has 0 aromatic rings. The van der Waals surface area contributed by atoms with Crippen molar-refractivity contribution in [2.75, 3.05) is 19.6 Å². The lowest BCUT2D eigenvalue weighted by Crippen LogP contribution is -2.43. The summed E-state index contributed by atoms with van der Waals surface area (Å²) in [6.07, 6.45) is -0.671. The van der Waals surface area contributed by atoms with E-state index in [9.17, 15) is 14.4 Å². The van der Waals surface area contributed by atoms with Gasteiger partial charge in [0.1, 0.15) is 12.1 Å². The number of hydrogen-bond donors (Lipinski definition) is 3. The maximum atomic E-state index is 11.3. The average molecular weight is 259 g/mol. The van der Waals surface area contributed by atoms with Crippen molar-refractivity contribution in [3.05, 3.63) is 0 Å². The molecule has 104 valence electrons. The van der Waals surface area contributed by atoms with Gasteiger partial charge in [0.15, 0.2) is 0 Å². The largest absolute Gasteiger partial charge is 0.444 e. The topological polar surface area (TPSA) is 96.5 Å². The van der Waals surface area contributed by atoms with Crippen LogP contribution in [0.3, 0.4) is 0 Å². The number of amides is 3. The number of likely N-dealkylation sites (N-methyl/N-ethyl adjacent to an activating group) is 1. The van der Waals surface area contributed by atoms with E-state index in [1.54, 1.807) is 27.7 Å². The van der Waals surface area contributed by atoms with Crippen LogP contribution < -0.4 is 16.0 Å². The molecular weight excluding hydrogens is 238 g/mol. The summed E-state index contributed by atoms with van der Waals surface area (Å²) in [4.78, 5) is 33.5. The van der Waals surface area contributed by atoms with E-state index >= 15 is 0 Å². The van der Waals surface area contributed by atoms with Gasteiger partial charge in [-0.05, 0) is 27.7 Å². The number of rotatable bonds is 5. The zero-order valence-corrected chi connectivity index (χ0v) is 11.3. The molecule has 0 bridgehead atoms. The second-order valence-corrected chi connectivity index (χ2v) is 4.59. The third-order valence-corrected chi connectivity index (χ3v) is 1.61. The molecule has 0 spiro atoms. The van der Waals surface area contributed by atoms with Crippen molar-refractivity contribution in [1.29, 1.82) is 0 Å². The molecule has 0 aliphatic rings. The van der Waals surface area contributed by atoms with Crippen LogP contribution in [0.2, 0.25) is 0 Å². The van der Waals surface area contributed by atoms with E-state index < -0.39 is 17.6 Å². The predicted molar refractivity (Wildman–Crippen MR) is 65.9 cm³/mol. The molecule has 0 atom stereocenters. The Labute approximate surface area is 107 Å². The number of nitrogens with one attached hydrogen (secondary N) is 3. The van der Waals surface area contributed by atoms with Gasteiger partial charge in [0, 0.05) is 6.54 Å². The molecule has 0 radical (unpaired) electrons. The lowest BCUT2D eigenvalue weighted by atomic mass is 10.2. The van der Waals surface area contributed by atoms with Crippen LogP contribution in [0.5, 0.6) is 0 Å². The average Bonchev–Trinajstić information content (AvgIpc) is 2.21. The van der Waals surface area contributed by atoms with Crippen LogP contribution in [-0.2, 0) is 14.3 Å². The molecule has 0 rings (SSSR count). The second kappa shape index (κ2) is 7.52. The first kappa shape index (κ1) is 16.2. The van der Waals surface area contributed by atoms with Crippen molar-refractivity contribution in [3.8, 4) is 0 Å². The van der Waals surface area contributed by atoms with Crippen LogP contribution in [0.1, 0.15) is 27.7 Å². The van der Waals surface area contributed by atoms with E-state index in [4.69, 9.17) is 4.74 Å². The molecule has 7 heteroatoms. The summed E-state index contributed by atoms with van der Waals surface area (Å²) in [7, 11) is 0. The van der Waals surface area contributed by atoms with Gasteiger partial charge in [0.2, 0.25) is 11.8 Å². The predicted octanol–water partition coefficient (Wildman–Crippen LogP) is -0.237. The highest BCUT2D eigenvalue weighted by molar-refractivity contribution is 5.87. The van der Waals surface area contributed by atoms with E-state index in [2.05, 4.69) is 16.0 Å². The van der Waals surface area contributed by atoms with E-state index in [0.717, 1.165) is 0 Å². The molecule has 3 N–H and O–H groups in total. The normalized spacial score (nSPS) is 10.4. The molecular formula is C11H21N3O4. The van der Waals surface area contributed by atoms with Gasteiger partial charge >= 0.3 is 6.09 Å². The molecule has 0 saturated carbocycles. The molecule has 7 nitrogen and oxygen atoms in total. The number of carbonyl (C=O) groups excluding carboxylic acids is 3. The van der Waals surface area contributed by atoms with Crippen LogP contribution in [0.4, 0.5) is 4.79 Å². The highest BCUT2D eigenvalue weighted by Crippen LogP contribution is 2.05. The summed E-state index contributed by atoms with van der Waals surface area (Å²) in [6.45, 7) is 7.12. The number of alkyl carbamates (subject to hydrolysis) is 1. The summed E-state index contributed by atoms with van der Waals surface area (Å²) in [5, 5.41) is 7.19. The molecule has 0 heterocycles. The van der Waals surface area contributed by atoms with Crippen molar-refractivity contribution >= 4 is 17.9 Å².